The van der Waals surface area contributed by atoms with Gasteiger partial charge < -0.3 is 5.73 Å². The SMILES string of the molecule is Cn1ccc(CC2CC(C)(C)CCC2CN)n1. The maximum absolute atomic E-state index is 5.92. The number of hydrogen-bond acceptors (Lipinski definition) is 2. The summed E-state index contributed by atoms with van der Waals surface area (Å²) in [6, 6.07) is 2.13. The zero-order valence-corrected chi connectivity index (χ0v) is 11.3. The fourth-order valence-electron chi connectivity index (χ4n) is 3.18. The summed E-state index contributed by atoms with van der Waals surface area (Å²) in [5.41, 5.74) is 7.61. The lowest BCUT2D eigenvalue weighted by atomic mass is 9.66. The molecule has 1 aromatic heterocycles. The lowest BCUT2D eigenvalue weighted by Gasteiger charge is -2.40. The van der Waals surface area contributed by atoms with Crippen LogP contribution in [0.25, 0.3) is 0 Å². The van der Waals surface area contributed by atoms with Crippen LogP contribution in [0.3, 0.4) is 0 Å². The van der Waals surface area contributed by atoms with Gasteiger partial charge in [0.2, 0.25) is 0 Å². The largest absolute Gasteiger partial charge is 0.330 e. The van der Waals surface area contributed by atoms with Gasteiger partial charge in [-0.05, 0) is 55.5 Å². The van der Waals surface area contributed by atoms with Crippen molar-refractivity contribution < 1.29 is 0 Å². The van der Waals surface area contributed by atoms with E-state index in [0.717, 1.165) is 13.0 Å². The predicted molar refractivity (Wildman–Crippen MR) is 70.6 cm³/mol. The third-order valence-electron chi connectivity index (χ3n) is 4.22. The van der Waals surface area contributed by atoms with Gasteiger partial charge in [-0.25, -0.2) is 0 Å². The third kappa shape index (κ3) is 3.09. The molecule has 2 atom stereocenters. The number of aromatic nitrogens is 2. The second-order valence-corrected chi connectivity index (χ2v) is 6.35. The van der Waals surface area contributed by atoms with E-state index in [1.54, 1.807) is 0 Å². The van der Waals surface area contributed by atoms with Gasteiger partial charge in [0.25, 0.3) is 0 Å². The minimum Gasteiger partial charge on any atom is -0.330 e. The van der Waals surface area contributed by atoms with E-state index in [0.29, 0.717) is 17.3 Å². The first-order chi connectivity index (χ1) is 8.00. The Bertz CT molecular complexity index is 367. The molecule has 3 heteroatoms. The van der Waals surface area contributed by atoms with Gasteiger partial charge in [-0.2, -0.15) is 5.10 Å². The van der Waals surface area contributed by atoms with Crippen molar-refractivity contribution in [2.45, 2.75) is 39.5 Å². The minimum atomic E-state index is 0.477. The number of aryl methyl sites for hydroxylation is 1. The zero-order valence-electron chi connectivity index (χ0n) is 11.3. The maximum Gasteiger partial charge on any atom is 0.0627 e. The van der Waals surface area contributed by atoms with Gasteiger partial charge in [-0.1, -0.05) is 13.8 Å². The second-order valence-electron chi connectivity index (χ2n) is 6.35. The standard InChI is InChI=1S/C14H25N3/c1-14(2)6-4-11(10-15)12(9-14)8-13-5-7-17(3)16-13/h5,7,11-12H,4,6,8-10,15H2,1-3H3. The first kappa shape index (κ1) is 12.6. The summed E-state index contributed by atoms with van der Waals surface area (Å²) < 4.78 is 1.89. The summed E-state index contributed by atoms with van der Waals surface area (Å²) in [6.07, 6.45) is 6.99. The molecule has 1 aliphatic rings. The van der Waals surface area contributed by atoms with Crippen LogP contribution in [-0.4, -0.2) is 16.3 Å². The summed E-state index contributed by atoms with van der Waals surface area (Å²) in [5, 5.41) is 4.50. The van der Waals surface area contributed by atoms with Gasteiger partial charge in [0.15, 0.2) is 0 Å². The highest BCUT2D eigenvalue weighted by atomic mass is 15.2. The molecular weight excluding hydrogens is 210 g/mol. The van der Waals surface area contributed by atoms with Crippen molar-refractivity contribution in [3.8, 4) is 0 Å². The highest BCUT2D eigenvalue weighted by Crippen LogP contribution is 2.42. The van der Waals surface area contributed by atoms with E-state index in [1.165, 1.54) is 25.0 Å². The zero-order chi connectivity index (χ0) is 12.5. The number of hydrogen-bond donors (Lipinski definition) is 1. The average molecular weight is 235 g/mol. The van der Waals surface area contributed by atoms with E-state index in [2.05, 4.69) is 25.0 Å². The molecule has 17 heavy (non-hydrogen) atoms. The second kappa shape index (κ2) is 4.81. The van der Waals surface area contributed by atoms with Crippen LogP contribution >= 0.6 is 0 Å². The Morgan fingerprint density at radius 1 is 1.47 bits per heavy atom. The molecule has 0 radical (unpaired) electrons. The Hall–Kier alpha value is -0.830. The molecule has 1 saturated carbocycles. The lowest BCUT2D eigenvalue weighted by molar-refractivity contribution is 0.121. The van der Waals surface area contributed by atoms with Crippen molar-refractivity contribution >= 4 is 0 Å². The molecule has 2 N–H and O–H groups in total. The minimum absolute atomic E-state index is 0.477. The van der Waals surface area contributed by atoms with Gasteiger partial charge in [0.1, 0.15) is 0 Å². The molecule has 0 aliphatic heterocycles. The summed E-state index contributed by atoms with van der Waals surface area (Å²) >= 11 is 0. The van der Waals surface area contributed by atoms with Crippen LogP contribution in [0.15, 0.2) is 12.3 Å². The molecule has 3 nitrogen and oxygen atoms in total. The number of nitrogens with two attached hydrogens (primary N) is 1. The topological polar surface area (TPSA) is 43.8 Å². The molecule has 0 bridgehead atoms. The highest BCUT2D eigenvalue weighted by molar-refractivity contribution is 5.02. The van der Waals surface area contributed by atoms with E-state index in [4.69, 9.17) is 5.73 Å². The fraction of sp³-hybridized carbons (Fsp3) is 0.786. The van der Waals surface area contributed by atoms with Crippen molar-refractivity contribution in [1.82, 2.24) is 9.78 Å². The molecule has 1 fully saturated rings. The lowest BCUT2D eigenvalue weighted by Crippen LogP contribution is -2.35. The van der Waals surface area contributed by atoms with Crippen LogP contribution in [0.4, 0.5) is 0 Å². The molecule has 0 aromatic carbocycles. The van der Waals surface area contributed by atoms with Crippen LogP contribution < -0.4 is 5.73 Å². The van der Waals surface area contributed by atoms with Gasteiger partial charge >= 0.3 is 0 Å². The van der Waals surface area contributed by atoms with Crippen LogP contribution in [-0.2, 0) is 13.5 Å². The Morgan fingerprint density at radius 2 is 2.24 bits per heavy atom. The van der Waals surface area contributed by atoms with Crippen molar-refractivity contribution in [1.29, 1.82) is 0 Å². The molecular formula is C14H25N3. The Morgan fingerprint density at radius 3 is 2.82 bits per heavy atom. The van der Waals surface area contributed by atoms with Crippen LogP contribution in [0.2, 0.25) is 0 Å². The molecule has 0 saturated heterocycles. The number of rotatable bonds is 3. The predicted octanol–water partition coefficient (Wildman–Crippen LogP) is 2.36. The van der Waals surface area contributed by atoms with Crippen molar-refractivity contribution in [2.75, 3.05) is 6.54 Å². The van der Waals surface area contributed by atoms with Crippen molar-refractivity contribution in [3.63, 3.8) is 0 Å². The van der Waals surface area contributed by atoms with Crippen LogP contribution in [0.1, 0.15) is 38.8 Å². The summed E-state index contributed by atoms with van der Waals surface area (Å²) in [6.45, 7) is 5.59. The molecule has 2 rings (SSSR count). The Labute approximate surface area is 104 Å². The monoisotopic (exact) mass is 235 g/mol. The normalized spacial score (nSPS) is 28.2. The molecule has 96 valence electrons. The molecule has 0 spiro atoms. The van der Waals surface area contributed by atoms with Gasteiger partial charge in [-0.15, -0.1) is 0 Å². The van der Waals surface area contributed by atoms with E-state index in [1.807, 2.05) is 17.9 Å². The molecule has 2 unspecified atom stereocenters. The van der Waals surface area contributed by atoms with E-state index in [-0.39, 0.29) is 0 Å². The summed E-state index contributed by atoms with van der Waals surface area (Å²) in [4.78, 5) is 0. The molecule has 1 heterocycles. The fourth-order valence-corrected chi connectivity index (χ4v) is 3.18. The van der Waals surface area contributed by atoms with E-state index in [9.17, 15) is 0 Å². The number of nitrogens with zero attached hydrogens (tertiary/aromatic N) is 2. The average Bonchev–Trinajstić information content (AvgIpc) is 2.63. The summed E-state index contributed by atoms with van der Waals surface area (Å²) in [5.74, 6) is 1.39. The van der Waals surface area contributed by atoms with Gasteiger partial charge in [-0.3, -0.25) is 4.68 Å². The van der Waals surface area contributed by atoms with Gasteiger partial charge in [0, 0.05) is 13.2 Å². The molecule has 1 aliphatic carbocycles. The first-order valence-electron chi connectivity index (χ1n) is 6.69. The molecule has 1 aromatic rings. The van der Waals surface area contributed by atoms with Gasteiger partial charge in [0.05, 0.1) is 5.69 Å². The van der Waals surface area contributed by atoms with E-state index < -0.39 is 0 Å². The van der Waals surface area contributed by atoms with Crippen LogP contribution in [0, 0.1) is 17.3 Å². The van der Waals surface area contributed by atoms with Crippen LogP contribution in [0.5, 0.6) is 0 Å². The summed E-state index contributed by atoms with van der Waals surface area (Å²) in [7, 11) is 1.98. The Balaban J connectivity index is 2.05. The van der Waals surface area contributed by atoms with Crippen molar-refractivity contribution in [3.05, 3.63) is 18.0 Å². The smallest absolute Gasteiger partial charge is 0.0627 e. The maximum atomic E-state index is 5.92. The van der Waals surface area contributed by atoms with Crippen molar-refractivity contribution in [2.24, 2.45) is 30.0 Å². The molecule has 0 amide bonds. The van der Waals surface area contributed by atoms with E-state index >= 15 is 0 Å². The quantitative estimate of drug-likeness (QED) is 0.874. The highest BCUT2D eigenvalue weighted by Gasteiger charge is 2.34. The Kier molecular flexibility index (Phi) is 3.57. The first-order valence-corrected chi connectivity index (χ1v) is 6.69. The third-order valence-corrected chi connectivity index (χ3v) is 4.22.